The summed E-state index contributed by atoms with van der Waals surface area (Å²) in [7, 11) is 0. The topological polar surface area (TPSA) is 40.1 Å². The summed E-state index contributed by atoms with van der Waals surface area (Å²) in [6.07, 6.45) is 0.226. The molecular formula is C8H6Br2FO2S-. The highest BCUT2D eigenvalue weighted by Crippen LogP contribution is 2.33. The van der Waals surface area contributed by atoms with E-state index in [1.807, 2.05) is 0 Å². The summed E-state index contributed by atoms with van der Waals surface area (Å²) in [5, 5.41) is 0. The van der Waals surface area contributed by atoms with E-state index in [9.17, 15) is 13.2 Å². The summed E-state index contributed by atoms with van der Waals surface area (Å²) < 4.78 is 32.8. The first kappa shape index (κ1) is 12.3. The SMILES string of the molecule is O=S([O-])C(Br)(Br)Cc1ccc(F)cc1. The van der Waals surface area contributed by atoms with Crippen LogP contribution in [0.3, 0.4) is 0 Å². The highest BCUT2D eigenvalue weighted by molar-refractivity contribution is 9.27. The van der Waals surface area contributed by atoms with Crippen LogP contribution in [0.5, 0.6) is 0 Å². The van der Waals surface area contributed by atoms with Crippen LogP contribution in [0.25, 0.3) is 0 Å². The van der Waals surface area contributed by atoms with Crippen LogP contribution in [0.2, 0.25) is 0 Å². The Labute approximate surface area is 100 Å². The molecule has 0 aliphatic rings. The third kappa shape index (κ3) is 3.42. The molecule has 14 heavy (non-hydrogen) atoms. The normalized spacial score (nSPS) is 14.0. The molecule has 2 nitrogen and oxygen atoms in total. The van der Waals surface area contributed by atoms with Crippen molar-refractivity contribution in [1.82, 2.24) is 0 Å². The van der Waals surface area contributed by atoms with Gasteiger partial charge in [-0.15, -0.1) is 0 Å². The summed E-state index contributed by atoms with van der Waals surface area (Å²) in [5.41, 5.74) is 0.726. The quantitative estimate of drug-likeness (QED) is 0.624. The smallest absolute Gasteiger partial charge is 0.145 e. The highest BCUT2D eigenvalue weighted by atomic mass is 79.9. The molecule has 0 aliphatic carbocycles. The minimum absolute atomic E-state index is 0.226. The van der Waals surface area contributed by atoms with Gasteiger partial charge in [-0.3, -0.25) is 4.21 Å². The van der Waals surface area contributed by atoms with Crippen LogP contribution < -0.4 is 0 Å². The van der Waals surface area contributed by atoms with E-state index in [1.165, 1.54) is 12.1 Å². The molecule has 0 saturated heterocycles. The lowest BCUT2D eigenvalue weighted by Crippen LogP contribution is -2.21. The molecule has 0 radical (unpaired) electrons. The van der Waals surface area contributed by atoms with Gasteiger partial charge in [0.2, 0.25) is 0 Å². The zero-order valence-electron chi connectivity index (χ0n) is 6.88. The first-order valence-corrected chi connectivity index (χ1v) is 6.29. The van der Waals surface area contributed by atoms with Gasteiger partial charge >= 0.3 is 0 Å². The van der Waals surface area contributed by atoms with E-state index >= 15 is 0 Å². The Bertz CT molecular complexity index is 340. The maximum atomic E-state index is 12.5. The maximum absolute atomic E-state index is 12.5. The van der Waals surface area contributed by atoms with Crippen molar-refractivity contribution in [2.45, 2.75) is 8.99 Å². The summed E-state index contributed by atoms with van der Waals surface area (Å²) in [6, 6.07) is 5.66. The number of benzene rings is 1. The number of hydrogen-bond acceptors (Lipinski definition) is 2. The lowest BCUT2D eigenvalue weighted by molar-refractivity contribution is 0.532. The van der Waals surface area contributed by atoms with Crippen LogP contribution in [0.4, 0.5) is 4.39 Å². The predicted octanol–water partition coefficient (Wildman–Crippen LogP) is 2.69. The van der Waals surface area contributed by atoms with E-state index in [1.54, 1.807) is 12.1 Å². The molecule has 0 fully saturated rings. The molecule has 0 spiro atoms. The lowest BCUT2D eigenvalue weighted by Gasteiger charge is -2.23. The van der Waals surface area contributed by atoms with Crippen molar-refractivity contribution < 1.29 is 13.2 Å². The molecule has 0 N–H and O–H groups in total. The first-order chi connectivity index (χ1) is 6.42. The van der Waals surface area contributed by atoms with E-state index < -0.39 is 13.6 Å². The van der Waals surface area contributed by atoms with Crippen molar-refractivity contribution in [3.8, 4) is 0 Å². The lowest BCUT2D eigenvalue weighted by atomic mass is 10.2. The molecule has 78 valence electrons. The average Bonchev–Trinajstić information content (AvgIpc) is 2.08. The fraction of sp³-hybridized carbons (Fsp3) is 0.250. The van der Waals surface area contributed by atoms with Gasteiger partial charge in [-0.25, -0.2) is 4.39 Å². The van der Waals surface area contributed by atoms with Crippen LogP contribution >= 0.6 is 31.9 Å². The molecule has 0 saturated carbocycles. The van der Waals surface area contributed by atoms with E-state index in [-0.39, 0.29) is 12.2 Å². The third-order valence-corrected chi connectivity index (χ3v) is 4.35. The fourth-order valence-corrected chi connectivity index (χ4v) is 1.83. The second kappa shape index (κ2) is 4.83. The third-order valence-electron chi connectivity index (χ3n) is 1.57. The molecule has 1 unspecified atom stereocenters. The molecular weight excluding hydrogens is 339 g/mol. The molecule has 1 atom stereocenters. The van der Waals surface area contributed by atoms with Gasteiger partial charge in [0.15, 0.2) is 0 Å². The monoisotopic (exact) mass is 343 g/mol. The molecule has 6 heteroatoms. The Kier molecular flexibility index (Phi) is 4.24. The summed E-state index contributed by atoms with van der Waals surface area (Å²) >= 11 is 3.73. The van der Waals surface area contributed by atoms with Crippen molar-refractivity contribution in [2.24, 2.45) is 0 Å². The number of alkyl halides is 2. The fourth-order valence-electron chi connectivity index (χ4n) is 0.899. The number of halogens is 3. The van der Waals surface area contributed by atoms with Gasteiger partial charge in [0.25, 0.3) is 0 Å². The van der Waals surface area contributed by atoms with E-state index in [2.05, 4.69) is 31.9 Å². The molecule has 0 aromatic heterocycles. The first-order valence-electron chi connectivity index (χ1n) is 3.63. The van der Waals surface area contributed by atoms with Gasteiger partial charge < -0.3 is 4.55 Å². The standard InChI is InChI=1S/C8H7Br2FO2S/c9-8(10,14(12)13)5-6-1-3-7(11)4-2-6/h1-4H,5H2,(H,12,13)/p-1. The summed E-state index contributed by atoms with van der Waals surface area (Å²) in [5.74, 6) is -0.341. The van der Waals surface area contributed by atoms with Crippen molar-refractivity contribution >= 4 is 42.9 Å². The van der Waals surface area contributed by atoms with Gasteiger partial charge in [0.1, 0.15) is 8.38 Å². The summed E-state index contributed by atoms with van der Waals surface area (Å²) in [4.78, 5) is 0. The van der Waals surface area contributed by atoms with Crippen molar-refractivity contribution in [2.75, 3.05) is 0 Å². The molecule has 0 heterocycles. The Hall–Kier alpha value is 0.220. The minimum atomic E-state index is -2.29. The minimum Gasteiger partial charge on any atom is -0.771 e. The van der Waals surface area contributed by atoms with Gasteiger partial charge in [-0.2, -0.15) is 0 Å². The van der Waals surface area contributed by atoms with Gasteiger partial charge in [-0.1, -0.05) is 44.0 Å². The zero-order chi connectivity index (χ0) is 10.8. The molecule has 0 amide bonds. The van der Waals surface area contributed by atoms with Crippen LogP contribution in [0, 0.1) is 5.82 Å². The Morgan fingerprint density at radius 1 is 1.36 bits per heavy atom. The largest absolute Gasteiger partial charge is 0.771 e. The Morgan fingerprint density at radius 2 is 1.86 bits per heavy atom. The Balaban J connectivity index is 2.79. The molecule has 1 rings (SSSR count). The van der Waals surface area contributed by atoms with E-state index in [0.29, 0.717) is 0 Å². The second-order valence-electron chi connectivity index (χ2n) is 2.68. The van der Waals surface area contributed by atoms with Crippen molar-refractivity contribution in [1.29, 1.82) is 0 Å². The van der Waals surface area contributed by atoms with Crippen molar-refractivity contribution in [3.63, 3.8) is 0 Å². The second-order valence-corrected chi connectivity index (χ2v) is 8.66. The number of rotatable bonds is 3. The van der Waals surface area contributed by atoms with Gasteiger partial charge in [0, 0.05) is 6.42 Å². The van der Waals surface area contributed by atoms with E-state index in [4.69, 9.17) is 0 Å². The average molecular weight is 345 g/mol. The zero-order valence-corrected chi connectivity index (χ0v) is 10.9. The molecule has 1 aromatic carbocycles. The van der Waals surface area contributed by atoms with Crippen LogP contribution in [-0.2, 0) is 17.5 Å². The summed E-state index contributed by atoms with van der Waals surface area (Å²) in [6.45, 7) is 0. The highest BCUT2D eigenvalue weighted by Gasteiger charge is 2.24. The maximum Gasteiger partial charge on any atom is 0.145 e. The van der Waals surface area contributed by atoms with Crippen molar-refractivity contribution in [3.05, 3.63) is 35.6 Å². The van der Waals surface area contributed by atoms with E-state index in [0.717, 1.165) is 5.56 Å². The molecule has 0 aliphatic heterocycles. The molecule has 0 bridgehead atoms. The van der Waals surface area contributed by atoms with Gasteiger partial charge in [0.05, 0.1) is 0 Å². The molecule has 1 aromatic rings. The van der Waals surface area contributed by atoms with Crippen LogP contribution in [0.1, 0.15) is 5.56 Å². The number of hydrogen-bond donors (Lipinski definition) is 0. The predicted molar refractivity (Wildman–Crippen MR) is 59.6 cm³/mol. The van der Waals surface area contributed by atoms with Crippen LogP contribution in [0.15, 0.2) is 24.3 Å². The Morgan fingerprint density at radius 3 is 2.29 bits per heavy atom. The van der Waals surface area contributed by atoms with Gasteiger partial charge in [-0.05, 0) is 28.8 Å². The van der Waals surface area contributed by atoms with Crippen LogP contribution in [-0.4, -0.2) is 11.3 Å².